The Kier molecular flexibility index (Phi) is 17.7. The summed E-state index contributed by atoms with van der Waals surface area (Å²) in [5, 5.41) is 6.39. The van der Waals surface area contributed by atoms with Crippen LogP contribution < -0.4 is 10.6 Å². The average Bonchev–Trinajstić information content (AvgIpc) is 2.76. The molecule has 0 aliphatic carbocycles. The van der Waals surface area contributed by atoms with Gasteiger partial charge in [0, 0.05) is 60.5 Å². The van der Waals surface area contributed by atoms with Crippen LogP contribution in [0.2, 0.25) is 0 Å². The highest BCUT2D eigenvalue weighted by Gasteiger charge is 2.22. The smallest absolute Gasteiger partial charge is 0.243 e. The maximum absolute atomic E-state index is 12.1. The van der Waals surface area contributed by atoms with E-state index < -0.39 is 0 Å². The summed E-state index contributed by atoms with van der Waals surface area (Å²) in [5.41, 5.74) is 0. The Morgan fingerprint density at radius 2 is 1.81 bits per heavy atom. The molecule has 1 heterocycles. The van der Waals surface area contributed by atoms with E-state index in [0.29, 0.717) is 25.6 Å². The standard InChI is InChI=1S/C22H44N6O3.HI/c1-6-8-9-19(7-2)16-24-22(25-17-21(30)26(3)4)28-13-11-27(12-14-28)18-20(29)23-10-15-31-5;/h19H,6-18H2,1-5H3,(H,23,29)(H,24,25);1H. The molecule has 0 saturated carbocycles. The van der Waals surface area contributed by atoms with E-state index in [-0.39, 0.29) is 42.3 Å². The summed E-state index contributed by atoms with van der Waals surface area (Å²) < 4.78 is 4.96. The van der Waals surface area contributed by atoms with E-state index in [2.05, 4.69) is 39.3 Å². The molecular formula is C22H45IN6O3. The first-order valence-corrected chi connectivity index (χ1v) is 11.6. The number of amides is 2. The van der Waals surface area contributed by atoms with Gasteiger partial charge >= 0.3 is 0 Å². The first-order valence-electron chi connectivity index (χ1n) is 11.6. The van der Waals surface area contributed by atoms with Crippen LogP contribution >= 0.6 is 24.0 Å². The van der Waals surface area contributed by atoms with Crippen molar-refractivity contribution in [3.8, 4) is 0 Å². The monoisotopic (exact) mass is 568 g/mol. The second-order valence-corrected chi connectivity index (χ2v) is 8.33. The summed E-state index contributed by atoms with van der Waals surface area (Å²) in [4.78, 5) is 34.6. The number of hydrogen-bond acceptors (Lipinski definition) is 5. The van der Waals surface area contributed by atoms with E-state index in [0.717, 1.165) is 45.1 Å². The molecule has 1 aliphatic heterocycles. The minimum atomic E-state index is -0.0105. The predicted molar refractivity (Wildman–Crippen MR) is 141 cm³/mol. The highest BCUT2D eigenvalue weighted by atomic mass is 127. The summed E-state index contributed by atoms with van der Waals surface area (Å²) >= 11 is 0. The summed E-state index contributed by atoms with van der Waals surface area (Å²) in [5.74, 6) is 1.42. The van der Waals surface area contributed by atoms with Gasteiger partial charge < -0.3 is 25.2 Å². The van der Waals surface area contributed by atoms with Gasteiger partial charge in [-0.25, -0.2) is 4.99 Å². The fourth-order valence-electron chi connectivity index (χ4n) is 3.40. The molecule has 0 aromatic heterocycles. The number of hydrogen-bond donors (Lipinski definition) is 2. The Morgan fingerprint density at radius 3 is 2.38 bits per heavy atom. The van der Waals surface area contributed by atoms with E-state index in [1.807, 2.05) is 0 Å². The van der Waals surface area contributed by atoms with Crippen molar-refractivity contribution in [3.63, 3.8) is 0 Å². The normalized spacial score (nSPS) is 15.7. The minimum absolute atomic E-state index is 0. The highest BCUT2D eigenvalue weighted by Crippen LogP contribution is 2.12. The molecule has 1 fully saturated rings. The van der Waals surface area contributed by atoms with Gasteiger partial charge in [0.25, 0.3) is 0 Å². The number of halogens is 1. The summed E-state index contributed by atoms with van der Waals surface area (Å²) in [6, 6.07) is 0. The van der Waals surface area contributed by atoms with E-state index in [9.17, 15) is 9.59 Å². The second kappa shape index (κ2) is 18.3. The average molecular weight is 569 g/mol. The number of guanidine groups is 1. The lowest BCUT2D eigenvalue weighted by Crippen LogP contribution is -2.54. The van der Waals surface area contributed by atoms with Gasteiger partial charge in [-0.15, -0.1) is 24.0 Å². The van der Waals surface area contributed by atoms with Gasteiger partial charge in [-0.3, -0.25) is 14.5 Å². The van der Waals surface area contributed by atoms with E-state index in [4.69, 9.17) is 4.74 Å². The first kappa shape index (κ1) is 30.9. The largest absolute Gasteiger partial charge is 0.383 e. The number of piperazine rings is 1. The van der Waals surface area contributed by atoms with E-state index in [1.165, 1.54) is 19.3 Å². The molecule has 0 aromatic rings. The number of ether oxygens (including phenoxy) is 1. The molecule has 1 saturated heterocycles. The van der Waals surface area contributed by atoms with Gasteiger partial charge in [-0.1, -0.05) is 33.1 Å². The lowest BCUT2D eigenvalue weighted by molar-refractivity contribution is -0.127. The number of nitrogens with one attached hydrogen (secondary N) is 2. The number of rotatable bonds is 13. The maximum atomic E-state index is 12.1. The molecule has 0 aromatic carbocycles. The van der Waals surface area contributed by atoms with Gasteiger partial charge in [0.1, 0.15) is 6.54 Å². The molecule has 0 bridgehead atoms. The lowest BCUT2D eigenvalue weighted by atomic mass is 9.99. The molecule has 2 N–H and O–H groups in total. The zero-order chi connectivity index (χ0) is 23.1. The van der Waals surface area contributed by atoms with Gasteiger partial charge in [-0.05, 0) is 12.3 Å². The molecule has 9 nitrogen and oxygen atoms in total. The summed E-state index contributed by atoms with van der Waals surface area (Å²) in [7, 11) is 5.12. The van der Waals surface area contributed by atoms with Crippen molar-refractivity contribution in [3.05, 3.63) is 0 Å². The maximum Gasteiger partial charge on any atom is 0.243 e. The van der Waals surface area contributed by atoms with Crippen LogP contribution in [0.4, 0.5) is 0 Å². The van der Waals surface area contributed by atoms with Crippen molar-refractivity contribution in [2.45, 2.75) is 39.5 Å². The van der Waals surface area contributed by atoms with Crippen LogP contribution in [-0.4, -0.2) is 113 Å². The fourth-order valence-corrected chi connectivity index (χ4v) is 3.40. The molecule has 1 atom stereocenters. The van der Waals surface area contributed by atoms with Crippen molar-refractivity contribution in [2.24, 2.45) is 10.9 Å². The van der Waals surface area contributed by atoms with Crippen LogP contribution in [0.5, 0.6) is 0 Å². The Hall–Kier alpha value is -1.14. The van der Waals surface area contributed by atoms with Crippen molar-refractivity contribution in [1.29, 1.82) is 0 Å². The highest BCUT2D eigenvalue weighted by molar-refractivity contribution is 14.0. The van der Waals surface area contributed by atoms with Crippen LogP contribution in [0.25, 0.3) is 0 Å². The summed E-state index contributed by atoms with van der Waals surface area (Å²) in [6.07, 6.45) is 4.77. The van der Waals surface area contributed by atoms with Gasteiger partial charge in [0.2, 0.25) is 11.8 Å². The Bertz CT molecular complexity index is 554. The van der Waals surface area contributed by atoms with Crippen LogP contribution in [0.1, 0.15) is 39.5 Å². The number of aliphatic imine (C=N–C) groups is 1. The predicted octanol–water partition coefficient (Wildman–Crippen LogP) is 1.23. The van der Waals surface area contributed by atoms with Crippen LogP contribution in [0, 0.1) is 5.92 Å². The molecule has 0 spiro atoms. The molecule has 32 heavy (non-hydrogen) atoms. The molecule has 188 valence electrons. The number of carbonyl (C=O) groups excluding carboxylic acids is 2. The van der Waals surface area contributed by atoms with Gasteiger partial charge in [0.05, 0.1) is 13.2 Å². The molecule has 1 aliphatic rings. The van der Waals surface area contributed by atoms with E-state index in [1.54, 1.807) is 26.1 Å². The SMILES string of the molecule is CCCCC(CC)CNC(=NCC(=O)N(C)C)N1CCN(CC(=O)NCCOC)CC1.I. The van der Waals surface area contributed by atoms with Gasteiger partial charge in [0.15, 0.2) is 5.96 Å². The zero-order valence-electron chi connectivity index (χ0n) is 20.7. The molecule has 1 unspecified atom stereocenters. The summed E-state index contributed by atoms with van der Waals surface area (Å²) in [6.45, 7) is 10.0. The Morgan fingerprint density at radius 1 is 1.12 bits per heavy atom. The number of nitrogens with zero attached hydrogens (tertiary/aromatic N) is 4. The molecule has 10 heteroatoms. The zero-order valence-corrected chi connectivity index (χ0v) is 23.0. The Balaban J connectivity index is 0.00000961. The first-order chi connectivity index (χ1) is 14.9. The quantitative estimate of drug-likeness (QED) is 0.151. The number of likely N-dealkylation sites (N-methyl/N-ethyl adjacent to an activating group) is 1. The van der Waals surface area contributed by atoms with Crippen LogP contribution in [-0.2, 0) is 14.3 Å². The van der Waals surface area contributed by atoms with Crippen LogP contribution in [0.15, 0.2) is 4.99 Å². The van der Waals surface area contributed by atoms with Gasteiger partial charge in [-0.2, -0.15) is 0 Å². The lowest BCUT2D eigenvalue weighted by Gasteiger charge is -2.36. The number of carbonyl (C=O) groups is 2. The van der Waals surface area contributed by atoms with Crippen molar-refractivity contribution < 1.29 is 14.3 Å². The third-order valence-electron chi connectivity index (χ3n) is 5.62. The third-order valence-corrected chi connectivity index (χ3v) is 5.62. The van der Waals surface area contributed by atoms with E-state index >= 15 is 0 Å². The minimum Gasteiger partial charge on any atom is -0.383 e. The number of unbranched alkanes of at least 4 members (excludes halogenated alkanes) is 1. The topological polar surface area (TPSA) is 89.5 Å². The molecule has 2 amide bonds. The number of methoxy groups -OCH3 is 1. The second-order valence-electron chi connectivity index (χ2n) is 8.33. The van der Waals surface area contributed by atoms with Crippen molar-refractivity contribution in [2.75, 3.05) is 80.2 Å². The Labute approximate surface area is 211 Å². The molecule has 1 rings (SSSR count). The van der Waals surface area contributed by atoms with Crippen molar-refractivity contribution in [1.82, 2.24) is 25.3 Å². The van der Waals surface area contributed by atoms with Crippen molar-refractivity contribution >= 4 is 41.8 Å². The third kappa shape index (κ3) is 12.8. The molecular weight excluding hydrogens is 523 g/mol. The molecule has 0 radical (unpaired) electrons. The fraction of sp³-hybridized carbons (Fsp3) is 0.864. The van der Waals surface area contributed by atoms with Crippen LogP contribution in [0.3, 0.4) is 0 Å².